The molecule has 4 rings (SSSR count). The second-order valence-electron chi connectivity index (χ2n) is 8.71. The number of alkyl halides is 3. The molecule has 2 aromatic heterocycles. The number of rotatable bonds is 6. The van der Waals surface area contributed by atoms with Gasteiger partial charge < -0.3 is 5.32 Å². The average Bonchev–Trinajstić information content (AvgIpc) is 3.27. The van der Waals surface area contributed by atoms with E-state index in [1.165, 1.54) is 18.2 Å². The summed E-state index contributed by atoms with van der Waals surface area (Å²) in [5.41, 5.74) is 0.143. The van der Waals surface area contributed by atoms with E-state index in [0.29, 0.717) is 27.4 Å². The van der Waals surface area contributed by atoms with E-state index in [-0.39, 0.29) is 17.8 Å². The van der Waals surface area contributed by atoms with Crippen molar-refractivity contribution in [3.63, 3.8) is 0 Å². The Balaban J connectivity index is 1.78. The first-order valence-corrected chi connectivity index (χ1v) is 13.1. The molecule has 2 heterocycles. The van der Waals surface area contributed by atoms with Crippen molar-refractivity contribution in [3.8, 4) is 16.9 Å². The maximum absolute atomic E-state index is 13.5. The van der Waals surface area contributed by atoms with Crippen LogP contribution in [0.25, 0.3) is 16.9 Å². The predicted octanol–water partition coefficient (Wildman–Crippen LogP) is 4.08. The van der Waals surface area contributed by atoms with Crippen molar-refractivity contribution in [1.82, 2.24) is 19.7 Å². The molecule has 0 fully saturated rings. The number of carbonyl (C=O) groups excluding carboxylic acids is 1. The molecule has 12 heteroatoms. The third kappa shape index (κ3) is 5.41. The summed E-state index contributed by atoms with van der Waals surface area (Å²) in [6.45, 7) is 1.67. The smallest absolute Gasteiger partial charge is 0.348 e. The number of benzene rings is 2. The molecule has 4 N–H and O–H groups in total. The SMILES string of the molecule is C=S(=N)(N)c1ccc(CNC(=O)c2cc(-c3ccnn3C)c(C)n(-c3cccc(C(F)(F)F)c3)c2=O)cc1. The van der Waals surface area contributed by atoms with E-state index in [4.69, 9.17) is 9.92 Å². The Morgan fingerprint density at radius 3 is 2.42 bits per heavy atom. The Morgan fingerprint density at radius 2 is 1.84 bits per heavy atom. The van der Waals surface area contributed by atoms with Gasteiger partial charge in [0.2, 0.25) is 0 Å². The topological polar surface area (TPSA) is 119 Å². The highest BCUT2D eigenvalue weighted by atomic mass is 32.2. The maximum Gasteiger partial charge on any atom is 0.416 e. The summed E-state index contributed by atoms with van der Waals surface area (Å²) in [4.78, 5) is 27.3. The van der Waals surface area contributed by atoms with Crippen molar-refractivity contribution in [2.45, 2.75) is 24.5 Å². The van der Waals surface area contributed by atoms with Crippen LogP contribution in [0.5, 0.6) is 0 Å². The van der Waals surface area contributed by atoms with Gasteiger partial charge in [-0.2, -0.15) is 18.3 Å². The number of hydrogen-bond donors (Lipinski definition) is 3. The third-order valence-electron chi connectivity index (χ3n) is 6.02. The molecular weight excluding hydrogens is 517 g/mol. The predicted molar refractivity (Wildman–Crippen MR) is 141 cm³/mol. The molecule has 1 unspecified atom stereocenters. The van der Waals surface area contributed by atoms with E-state index < -0.39 is 32.8 Å². The summed E-state index contributed by atoms with van der Waals surface area (Å²) in [7, 11) is -0.707. The Bertz CT molecular complexity index is 1690. The number of hydrogen-bond acceptors (Lipinski definition) is 4. The van der Waals surface area contributed by atoms with Gasteiger partial charge in [-0.1, -0.05) is 27.8 Å². The van der Waals surface area contributed by atoms with E-state index in [2.05, 4.69) is 16.3 Å². The summed E-state index contributed by atoms with van der Waals surface area (Å²) < 4.78 is 50.8. The second kappa shape index (κ2) is 9.95. The zero-order valence-electron chi connectivity index (χ0n) is 20.5. The van der Waals surface area contributed by atoms with Crippen LogP contribution in [-0.4, -0.2) is 26.1 Å². The van der Waals surface area contributed by atoms with E-state index in [1.54, 1.807) is 55.2 Å². The number of halogens is 3. The molecule has 0 saturated heterocycles. The van der Waals surface area contributed by atoms with Gasteiger partial charge in [-0.15, -0.1) is 0 Å². The number of nitrogens with one attached hydrogen (secondary N) is 2. The van der Waals surface area contributed by atoms with Gasteiger partial charge in [0.25, 0.3) is 11.5 Å². The van der Waals surface area contributed by atoms with Crippen molar-refractivity contribution in [2.75, 3.05) is 0 Å². The number of amides is 1. The van der Waals surface area contributed by atoms with Crippen molar-refractivity contribution < 1.29 is 18.0 Å². The van der Waals surface area contributed by atoms with E-state index in [1.807, 2.05) is 0 Å². The van der Waals surface area contributed by atoms with E-state index in [0.717, 1.165) is 16.7 Å². The molecule has 8 nitrogen and oxygen atoms in total. The van der Waals surface area contributed by atoms with Gasteiger partial charge in [-0.25, -0.2) is 0 Å². The molecule has 0 radical (unpaired) electrons. The highest BCUT2D eigenvalue weighted by molar-refractivity contribution is 7.99. The fourth-order valence-electron chi connectivity index (χ4n) is 4.02. The lowest BCUT2D eigenvalue weighted by Crippen LogP contribution is -2.33. The van der Waals surface area contributed by atoms with Gasteiger partial charge in [-0.05, 0) is 60.8 Å². The minimum atomic E-state index is -4.61. The molecule has 1 atom stereocenters. The van der Waals surface area contributed by atoms with Crippen molar-refractivity contribution in [2.24, 2.45) is 12.2 Å². The Kier molecular flexibility index (Phi) is 7.04. The number of aryl methyl sites for hydroxylation is 1. The number of nitrogens with two attached hydrogens (primary N) is 1. The normalized spacial score (nSPS) is 13.2. The van der Waals surface area contributed by atoms with Crippen LogP contribution < -0.4 is 16.0 Å². The van der Waals surface area contributed by atoms with Crippen LogP contribution in [0.2, 0.25) is 0 Å². The molecular formula is C26H25F3N6O2S. The first kappa shape index (κ1) is 26.9. The molecule has 0 saturated carbocycles. The average molecular weight is 543 g/mol. The molecule has 0 aliphatic rings. The standard InChI is InChI=1S/C26H25F3N6O2S/c1-16-21(23-11-12-33-34(23)2)14-22(24(36)32-15-17-7-9-20(10-8-17)38(3,30)31)25(37)35(16)19-6-4-5-18(13-19)26(27,28)29/h4-14H,3,15H2,1-2H3,(H3,30,31)(H,32,36). The molecule has 198 valence electrons. The van der Waals surface area contributed by atoms with Crippen LogP contribution in [0.15, 0.2) is 76.6 Å². The van der Waals surface area contributed by atoms with Gasteiger partial charge in [-0.3, -0.25) is 28.8 Å². The monoisotopic (exact) mass is 542 g/mol. The van der Waals surface area contributed by atoms with Crippen molar-refractivity contribution >= 4 is 21.4 Å². The van der Waals surface area contributed by atoms with Gasteiger partial charge in [0.1, 0.15) is 5.56 Å². The van der Waals surface area contributed by atoms with Gasteiger partial charge >= 0.3 is 6.18 Å². The van der Waals surface area contributed by atoms with Gasteiger partial charge in [0.05, 0.1) is 11.3 Å². The number of carbonyl (C=O) groups is 1. The maximum atomic E-state index is 13.5. The largest absolute Gasteiger partial charge is 0.416 e. The van der Waals surface area contributed by atoms with Gasteiger partial charge in [0, 0.05) is 41.6 Å². The fourth-order valence-corrected chi connectivity index (χ4v) is 4.65. The fraction of sp³-hybridized carbons (Fsp3) is 0.154. The summed E-state index contributed by atoms with van der Waals surface area (Å²) in [6.07, 6.45) is -3.07. The van der Waals surface area contributed by atoms with Gasteiger partial charge in [0.15, 0.2) is 0 Å². The lowest BCUT2D eigenvalue weighted by Gasteiger charge is -2.18. The number of aromatic nitrogens is 3. The Morgan fingerprint density at radius 1 is 1.16 bits per heavy atom. The summed E-state index contributed by atoms with van der Waals surface area (Å²) in [5, 5.41) is 12.6. The molecule has 0 bridgehead atoms. The lowest BCUT2D eigenvalue weighted by atomic mass is 10.1. The van der Waals surface area contributed by atoms with Crippen LogP contribution in [0.3, 0.4) is 0 Å². The summed E-state index contributed by atoms with van der Waals surface area (Å²) in [5.74, 6) is 2.95. The summed E-state index contributed by atoms with van der Waals surface area (Å²) in [6, 6.07) is 14.2. The third-order valence-corrected chi connectivity index (χ3v) is 7.13. The van der Waals surface area contributed by atoms with Crippen molar-refractivity contribution in [3.05, 3.63) is 99.6 Å². The zero-order chi connectivity index (χ0) is 27.8. The van der Waals surface area contributed by atoms with E-state index in [9.17, 15) is 22.8 Å². The van der Waals surface area contributed by atoms with Crippen LogP contribution in [0.4, 0.5) is 13.2 Å². The van der Waals surface area contributed by atoms with Crippen molar-refractivity contribution in [1.29, 1.82) is 4.78 Å². The Hall–Kier alpha value is -4.16. The molecule has 2 aromatic carbocycles. The molecule has 1 amide bonds. The summed E-state index contributed by atoms with van der Waals surface area (Å²) >= 11 is 0. The molecule has 0 aliphatic carbocycles. The minimum Gasteiger partial charge on any atom is -0.348 e. The highest BCUT2D eigenvalue weighted by Gasteiger charge is 2.31. The first-order chi connectivity index (χ1) is 17.8. The van der Waals surface area contributed by atoms with Crippen LogP contribution in [0, 0.1) is 11.7 Å². The molecule has 0 aliphatic heterocycles. The molecule has 4 aromatic rings. The van der Waals surface area contributed by atoms with Crippen LogP contribution >= 0.6 is 0 Å². The Labute approximate surface area is 217 Å². The highest BCUT2D eigenvalue weighted by Crippen LogP contribution is 2.31. The lowest BCUT2D eigenvalue weighted by molar-refractivity contribution is -0.137. The zero-order valence-corrected chi connectivity index (χ0v) is 21.4. The van der Waals surface area contributed by atoms with Crippen LogP contribution in [-0.2, 0) is 29.4 Å². The second-order valence-corrected chi connectivity index (χ2v) is 10.8. The quantitative estimate of drug-likeness (QED) is 0.318. The first-order valence-electron chi connectivity index (χ1n) is 11.3. The number of pyridine rings is 1. The van der Waals surface area contributed by atoms with E-state index >= 15 is 0 Å². The molecule has 38 heavy (non-hydrogen) atoms. The molecule has 0 spiro atoms. The minimum absolute atomic E-state index is 0.0210. The number of nitrogens with zero attached hydrogens (tertiary/aromatic N) is 3. The van der Waals surface area contributed by atoms with Crippen LogP contribution in [0.1, 0.15) is 27.2 Å².